The fraction of sp³-hybridized carbons (Fsp3) is 0.571. The molecule has 0 radical (unpaired) electrons. The van der Waals surface area contributed by atoms with Crippen LogP contribution < -0.4 is 9.47 Å². The number of carbonyl (C=O) groups excluding carboxylic acids is 1. The summed E-state index contributed by atoms with van der Waals surface area (Å²) in [5.41, 5.74) is 1.77. The first-order valence-electron chi connectivity index (χ1n) is 15.9. The van der Waals surface area contributed by atoms with Crippen LogP contribution in [0.25, 0.3) is 0 Å². The molecule has 6 aliphatic rings. The Labute approximate surface area is 276 Å². The second kappa shape index (κ2) is 12.1. The third-order valence-electron chi connectivity index (χ3n) is 11.0. The average Bonchev–Trinajstić information content (AvgIpc) is 3.61. The normalized spacial score (nSPS) is 32.7. The molecule has 0 aromatic heterocycles. The van der Waals surface area contributed by atoms with E-state index in [0.29, 0.717) is 39.0 Å². The standard InChI is InChI=1S/C18H21BrO3.C17H19BrO4/c1-2-17-6-7-18(21-9-10-22-18)12-13(17)5-8-20-16-11-14(19)3-4-15(16)17;18-13-1-2-14-15(9-13)20-6-3-12-10-17(21-7-8-22-17)5-4-16(12,14)11-19/h2-4,11,13H,1,5-10,12H2;1-2,9,11-12H,3-8,10H2/t13-,17+;12-,16-/m00/s1. The highest BCUT2D eigenvalue weighted by atomic mass is 79.9. The maximum Gasteiger partial charge on any atom is 0.168 e. The van der Waals surface area contributed by atoms with E-state index in [4.69, 9.17) is 28.4 Å². The number of hydrogen-bond acceptors (Lipinski definition) is 7. The summed E-state index contributed by atoms with van der Waals surface area (Å²) in [6.45, 7) is 8.29. The fourth-order valence-corrected chi connectivity index (χ4v) is 9.37. The third-order valence-corrected chi connectivity index (χ3v) is 11.9. The number of benzene rings is 2. The lowest BCUT2D eigenvalue weighted by molar-refractivity contribution is -0.197. The van der Waals surface area contributed by atoms with Gasteiger partial charge in [0.05, 0.1) is 45.1 Å². The number of fused-ring (bicyclic) bond motifs is 6. The van der Waals surface area contributed by atoms with Gasteiger partial charge in [0, 0.05) is 51.2 Å². The van der Waals surface area contributed by atoms with Crippen LogP contribution in [0.1, 0.15) is 62.5 Å². The number of carbonyl (C=O) groups is 1. The zero-order valence-electron chi connectivity index (χ0n) is 25.0. The predicted octanol–water partition coefficient (Wildman–Crippen LogP) is 7.41. The van der Waals surface area contributed by atoms with Crippen LogP contribution in [0.5, 0.6) is 11.5 Å². The van der Waals surface area contributed by atoms with E-state index < -0.39 is 11.2 Å². The number of ether oxygens (including phenoxy) is 6. The maximum absolute atomic E-state index is 12.2. The maximum atomic E-state index is 12.2. The van der Waals surface area contributed by atoms with Crippen LogP contribution in [0.4, 0.5) is 0 Å². The van der Waals surface area contributed by atoms with Crippen LogP contribution >= 0.6 is 31.9 Å². The third kappa shape index (κ3) is 5.29. The first-order chi connectivity index (χ1) is 21.3. The summed E-state index contributed by atoms with van der Waals surface area (Å²) in [5.74, 6) is 1.61. The Morgan fingerprint density at radius 3 is 1.59 bits per heavy atom. The van der Waals surface area contributed by atoms with Crippen LogP contribution in [0.3, 0.4) is 0 Å². The molecular weight excluding hydrogens is 692 g/mol. The molecule has 0 bridgehead atoms. The van der Waals surface area contributed by atoms with Gasteiger partial charge in [-0.25, -0.2) is 0 Å². The Hall–Kier alpha value is -1.75. The van der Waals surface area contributed by atoms with E-state index >= 15 is 0 Å². The Kier molecular flexibility index (Phi) is 8.51. The molecular formula is C35H40Br2O7. The second-order valence-electron chi connectivity index (χ2n) is 13.0. The van der Waals surface area contributed by atoms with Gasteiger partial charge in [-0.3, -0.25) is 0 Å². The minimum atomic E-state index is -0.479. The van der Waals surface area contributed by atoms with E-state index in [-0.39, 0.29) is 17.1 Å². The quantitative estimate of drug-likeness (QED) is 0.235. The smallest absolute Gasteiger partial charge is 0.168 e. The monoisotopic (exact) mass is 730 g/mol. The van der Waals surface area contributed by atoms with Crippen molar-refractivity contribution in [2.45, 2.75) is 73.8 Å². The van der Waals surface area contributed by atoms with Crippen molar-refractivity contribution in [3.63, 3.8) is 0 Å². The van der Waals surface area contributed by atoms with Crippen molar-refractivity contribution >= 4 is 38.1 Å². The molecule has 2 saturated carbocycles. The van der Waals surface area contributed by atoms with Gasteiger partial charge in [0.1, 0.15) is 17.8 Å². The first kappa shape index (κ1) is 30.9. The SMILES string of the molecule is C=C[C@@]12CCC3(C[C@@H]1CCOc1cc(Br)ccc12)OCCO3.O=C[C@@]12CCC3(C[C@@H]1CCOc1cc(Br)ccc12)OCCO3. The van der Waals surface area contributed by atoms with E-state index in [0.717, 1.165) is 90.3 Å². The molecule has 2 aromatic carbocycles. The lowest BCUT2D eigenvalue weighted by Gasteiger charge is -2.47. The first-order valence-corrected chi connectivity index (χ1v) is 17.4. The van der Waals surface area contributed by atoms with Crippen molar-refractivity contribution in [2.24, 2.45) is 11.8 Å². The Balaban J connectivity index is 0.000000142. The van der Waals surface area contributed by atoms with E-state index in [2.05, 4.69) is 62.7 Å². The summed E-state index contributed by atoms with van der Waals surface area (Å²) < 4.78 is 37.7. The van der Waals surface area contributed by atoms with Crippen LogP contribution in [0, 0.1) is 11.8 Å². The molecule has 44 heavy (non-hydrogen) atoms. The molecule has 9 heteroatoms. The van der Waals surface area contributed by atoms with Crippen molar-refractivity contribution in [3.05, 3.63) is 69.1 Å². The molecule has 4 aliphatic heterocycles. The highest BCUT2D eigenvalue weighted by Crippen LogP contribution is 2.56. The summed E-state index contributed by atoms with van der Waals surface area (Å²) >= 11 is 7.03. The molecule has 0 unspecified atom stereocenters. The number of rotatable bonds is 2. The summed E-state index contributed by atoms with van der Waals surface area (Å²) in [6, 6.07) is 12.4. The van der Waals surface area contributed by atoms with E-state index in [1.54, 1.807) is 0 Å². The van der Waals surface area contributed by atoms with Crippen LogP contribution in [0.15, 0.2) is 58.0 Å². The van der Waals surface area contributed by atoms with Crippen molar-refractivity contribution in [1.29, 1.82) is 0 Å². The molecule has 4 fully saturated rings. The highest BCUT2D eigenvalue weighted by Gasteiger charge is 2.55. The fourth-order valence-electron chi connectivity index (χ4n) is 8.69. The lowest BCUT2D eigenvalue weighted by Crippen LogP contribution is -2.49. The average molecular weight is 733 g/mol. The van der Waals surface area contributed by atoms with Gasteiger partial charge in [0.2, 0.25) is 0 Å². The topological polar surface area (TPSA) is 72.5 Å². The zero-order valence-corrected chi connectivity index (χ0v) is 28.2. The Morgan fingerprint density at radius 2 is 1.11 bits per heavy atom. The van der Waals surface area contributed by atoms with Gasteiger partial charge in [0.15, 0.2) is 11.6 Å². The molecule has 2 aromatic rings. The van der Waals surface area contributed by atoms with Crippen molar-refractivity contribution in [2.75, 3.05) is 39.6 Å². The largest absolute Gasteiger partial charge is 0.493 e. The van der Waals surface area contributed by atoms with Gasteiger partial charge in [0.25, 0.3) is 0 Å². The van der Waals surface area contributed by atoms with Crippen molar-refractivity contribution in [3.8, 4) is 11.5 Å². The minimum Gasteiger partial charge on any atom is -0.493 e. The van der Waals surface area contributed by atoms with Gasteiger partial charge in [-0.15, -0.1) is 6.58 Å². The summed E-state index contributed by atoms with van der Waals surface area (Å²) in [6.07, 6.45) is 10.3. The molecule has 2 aliphatic carbocycles. The predicted molar refractivity (Wildman–Crippen MR) is 172 cm³/mol. The molecule has 236 valence electrons. The molecule has 7 nitrogen and oxygen atoms in total. The molecule has 4 atom stereocenters. The molecule has 2 spiro atoms. The van der Waals surface area contributed by atoms with E-state index in [1.165, 1.54) is 5.56 Å². The molecule has 0 N–H and O–H groups in total. The summed E-state index contributed by atoms with van der Waals surface area (Å²) in [4.78, 5) is 12.2. The number of hydrogen-bond donors (Lipinski definition) is 0. The number of allylic oxidation sites excluding steroid dienone is 1. The van der Waals surface area contributed by atoms with E-state index in [1.807, 2.05) is 18.2 Å². The Morgan fingerprint density at radius 1 is 0.659 bits per heavy atom. The van der Waals surface area contributed by atoms with Crippen molar-refractivity contribution in [1.82, 2.24) is 0 Å². The van der Waals surface area contributed by atoms with Gasteiger partial charge in [-0.2, -0.15) is 0 Å². The van der Waals surface area contributed by atoms with Gasteiger partial charge < -0.3 is 33.2 Å². The molecule has 2 saturated heterocycles. The van der Waals surface area contributed by atoms with Gasteiger partial charge in [-0.1, -0.05) is 50.1 Å². The van der Waals surface area contributed by atoms with Crippen LogP contribution in [0.2, 0.25) is 0 Å². The van der Waals surface area contributed by atoms with Crippen molar-refractivity contribution < 1.29 is 33.2 Å². The highest BCUT2D eigenvalue weighted by molar-refractivity contribution is 9.10. The van der Waals surface area contributed by atoms with E-state index in [9.17, 15) is 4.79 Å². The Bertz CT molecular complexity index is 1300. The molecule has 8 rings (SSSR count). The van der Waals surface area contributed by atoms with Gasteiger partial charge >= 0.3 is 0 Å². The number of aldehydes is 1. The lowest BCUT2D eigenvalue weighted by atomic mass is 9.60. The van der Waals surface area contributed by atoms with Crippen LogP contribution in [-0.4, -0.2) is 57.5 Å². The zero-order chi connectivity index (χ0) is 30.4. The summed E-state index contributed by atoms with van der Waals surface area (Å²) in [7, 11) is 0. The van der Waals surface area contributed by atoms with Crippen LogP contribution in [-0.2, 0) is 34.6 Å². The number of halogens is 2. The van der Waals surface area contributed by atoms with Gasteiger partial charge in [-0.05, 0) is 61.8 Å². The summed E-state index contributed by atoms with van der Waals surface area (Å²) in [5, 5.41) is 0. The molecule has 0 amide bonds. The minimum absolute atomic E-state index is 0.0346. The second-order valence-corrected chi connectivity index (χ2v) is 14.8. The molecule has 4 heterocycles.